The average Bonchev–Trinajstić information content (AvgIpc) is 3.11. The molecule has 4 nitrogen and oxygen atoms in total. The molecule has 1 unspecified atom stereocenters. The van der Waals surface area contributed by atoms with Gasteiger partial charge in [-0.15, -0.1) is 0 Å². The fourth-order valence-electron chi connectivity index (χ4n) is 4.39. The first-order valence-corrected chi connectivity index (χ1v) is 9.47. The molecule has 3 rings (SSSR count). The molecule has 0 radical (unpaired) electrons. The third-order valence-electron chi connectivity index (χ3n) is 5.87. The smallest absolute Gasteiger partial charge is 0.234 e. The van der Waals surface area contributed by atoms with Crippen LogP contribution in [-0.4, -0.2) is 48.7 Å². The predicted molar refractivity (Wildman–Crippen MR) is 95.8 cm³/mol. The van der Waals surface area contributed by atoms with Crippen LogP contribution in [0.25, 0.3) is 0 Å². The summed E-state index contributed by atoms with van der Waals surface area (Å²) in [5.41, 5.74) is 1.07. The Balaban J connectivity index is 1.56. The molecule has 0 bridgehead atoms. The van der Waals surface area contributed by atoms with Gasteiger partial charge < -0.3 is 10.4 Å². The number of halogens is 1. The molecular formula is C20H29FN2O2. The van der Waals surface area contributed by atoms with Crippen molar-refractivity contribution in [3.63, 3.8) is 0 Å². The van der Waals surface area contributed by atoms with Crippen molar-refractivity contribution in [1.29, 1.82) is 0 Å². The first-order chi connectivity index (χ1) is 12.1. The molecule has 1 saturated carbocycles. The Morgan fingerprint density at radius 2 is 1.96 bits per heavy atom. The van der Waals surface area contributed by atoms with E-state index in [1.807, 2.05) is 12.1 Å². The molecular weight excluding hydrogens is 319 g/mol. The zero-order valence-electron chi connectivity index (χ0n) is 14.8. The number of likely N-dealkylation sites (tertiary alicyclic amines) is 1. The first-order valence-electron chi connectivity index (χ1n) is 9.47. The number of carbonyl (C=O) groups is 1. The molecule has 2 aliphatic rings. The Bertz CT molecular complexity index is 570. The van der Waals surface area contributed by atoms with Gasteiger partial charge in [0.25, 0.3) is 0 Å². The molecule has 0 spiro atoms. The van der Waals surface area contributed by atoms with Gasteiger partial charge in [0.05, 0.1) is 6.54 Å². The summed E-state index contributed by atoms with van der Waals surface area (Å²) in [7, 11) is 0. The molecule has 1 atom stereocenters. The van der Waals surface area contributed by atoms with Crippen molar-refractivity contribution in [2.75, 3.05) is 32.8 Å². The van der Waals surface area contributed by atoms with Crippen LogP contribution in [0.5, 0.6) is 0 Å². The lowest BCUT2D eigenvalue weighted by atomic mass is 9.79. The summed E-state index contributed by atoms with van der Waals surface area (Å²) in [6.07, 6.45) is 6.46. The van der Waals surface area contributed by atoms with Gasteiger partial charge in [0.1, 0.15) is 5.82 Å². The quantitative estimate of drug-likeness (QED) is 0.830. The third-order valence-corrected chi connectivity index (χ3v) is 5.87. The minimum Gasteiger partial charge on any atom is -0.396 e. The van der Waals surface area contributed by atoms with Crippen LogP contribution in [0, 0.1) is 11.7 Å². The number of aliphatic hydroxyl groups excluding tert-OH is 1. The Kier molecular flexibility index (Phi) is 6.07. The average molecular weight is 348 g/mol. The van der Waals surface area contributed by atoms with Crippen LogP contribution in [0.2, 0.25) is 0 Å². The molecule has 1 saturated heterocycles. The molecule has 1 aliphatic heterocycles. The summed E-state index contributed by atoms with van der Waals surface area (Å²) in [6.45, 7) is 2.94. The highest BCUT2D eigenvalue weighted by Crippen LogP contribution is 2.40. The van der Waals surface area contributed by atoms with E-state index in [1.54, 1.807) is 0 Å². The van der Waals surface area contributed by atoms with E-state index in [0.717, 1.165) is 57.2 Å². The maximum atomic E-state index is 13.2. The number of carbonyl (C=O) groups excluding carboxylic acids is 1. The highest BCUT2D eigenvalue weighted by atomic mass is 19.1. The van der Waals surface area contributed by atoms with Gasteiger partial charge in [0.15, 0.2) is 0 Å². The summed E-state index contributed by atoms with van der Waals surface area (Å²) in [4.78, 5) is 14.6. The predicted octanol–water partition coefficient (Wildman–Crippen LogP) is 2.46. The van der Waals surface area contributed by atoms with Crippen molar-refractivity contribution in [1.82, 2.24) is 10.2 Å². The van der Waals surface area contributed by atoms with E-state index in [4.69, 9.17) is 0 Å². The van der Waals surface area contributed by atoms with Crippen molar-refractivity contribution >= 4 is 5.91 Å². The van der Waals surface area contributed by atoms with Gasteiger partial charge in [-0.3, -0.25) is 9.69 Å². The van der Waals surface area contributed by atoms with E-state index in [-0.39, 0.29) is 23.7 Å². The maximum Gasteiger partial charge on any atom is 0.234 e. The highest BCUT2D eigenvalue weighted by Gasteiger charge is 2.36. The Hall–Kier alpha value is -1.46. The normalized spacial score (nSPS) is 23.5. The standard InChI is InChI=1S/C20H29FN2O2/c21-18-7-5-17(6-8-18)20(9-1-2-10-20)15-22-19(25)13-23-11-3-4-16(12-23)14-24/h5-8,16,24H,1-4,9-15H2,(H,22,25). The number of hydrogen-bond donors (Lipinski definition) is 2. The number of piperidine rings is 1. The number of nitrogens with zero attached hydrogens (tertiary/aromatic N) is 1. The molecule has 138 valence electrons. The van der Waals surface area contributed by atoms with Crippen LogP contribution in [0.1, 0.15) is 44.1 Å². The van der Waals surface area contributed by atoms with Crippen LogP contribution in [0.4, 0.5) is 4.39 Å². The molecule has 1 aromatic rings. The van der Waals surface area contributed by atoms with E-state index >= 15 is 0 Å². The van der Waals surface area contributed by atoms with E-state index in [1.165, 1.54) is 12.1 Å². The monoisotopic (exact) mass is 348 g/mol. The molecule has 1 aliphatic carbocycles. The Morgan fingerprint density at radius 3 is 2.64 bits per heavy atom. The molecule has 2 N–H and O–H groups in total. The number of nitrogens with one attached hydrogen (secondary N) is 1. The largest absolute Gasteiger partial charge is 0.396 e. The van der Waals surface area contributed by atoms with Gasteiger partial charge in [-0.25, -0.2) is 4.39 Å². The second-order valence-electron chi connectivity index (χ2n) is 7.70. The zero-order valence-corrected chi connectivity index (χ0v) is 14.8. The van der Waals surface area contributed by atoms with E-state index < -0.39 is 0 Å². The van der Waals surface area contributed by atoms with Gasteiger partial charge in [0.2, 0.25) is 5.91 Å². The molecule has 1 heterocycles. The zero-order chi connectivity index (χ0) is 17.7. The van der Waals surface area contributed by atoms with Crippen LogP contribution >= 0.6 is 0 Å². The van der Waals surface area contributed by atoms with Gasteiger partial charge >= 0.3 is 0 Å². The number of rotatable bonds is 6. The van der Waals surface area contributed by atoms with Crippen LogP contribution in [-0.2, 0) is 10.2 Å². The third kappa shape index (κ3) is 4.59. The van der Waals surface area contributed by atoms with Crippen molar-refractivity contribution in [2.24, 2.45) is 5.92 Å². The molecule has 1 amide bonds. The first kappa shape index (κ1) is 18.3. The Morgan fingerprint density at radius 1 is 1.24 bits per heavy atom. The molecule has 0 aromatic heterocycles. The van der Waals surface area contributed by atoms with Crippen molar-refractivity contribution in [3.8, 4) is 0 Å². The summed E-state index contributed by atoms with van der Waals surface area (Å²) in [5, 5.41) is 12.4. The maximum absolute atomic E-state index is 13.2. The second kappa shape index (κ2) is 8.28. The topological polar surface area (TPSA) is 52.6 Å². The van der Waals surface area contributed by atoms with E-state index in [2.05, 4.69) is 10.2 Å². The number of amides is 1. The molecule has 2 fully saturated rings. The fraction of sp³-hybridized carbons (Fsp3) is 0.650. The van der Waals surface area contributed by atoms with Crippen molar-refractivity contribution < 1.29 is 14.3 Å². The Labute approximate surface area is 149 Å². The minimum atomic E-state index is -0.218. The SMILES string of the molecule is O=C(CN1CCCC(CO)C1)NCC1(c2ccc(F)cc2)CCCC1. The summed E-state index contributed by atoms with van der Waals surface area (Å²) in [5.74, 6) is 0.124. The van der Waals surface area contributed by atoms with Crippen molar-refractivity contribution in [3.05, 3.63) is 35.6 Å². The van der Waals surface area contributed by atoms with Crippen LogP contribution in [0.15, 0.2) is 24.3 Å². The van der Waals surface area contributed by atoms with Crippen LogP contribution in [0.3, 0.4) is 0 Å². The van der Waals surface area contributed by atoms with E-state index in [0.29, 0.717) is 19.0 Å². The summed E-state index contributed by atoms with van der Waals surface area (Å²) < 4.78 is 13.2. The minimum absolute atomic E-state index is 0.0481. The molecule has 1 aromatic carbocycles. The number of benzene rings is 1. The number of aliphatic hydroxyl groups is 1. The summed E-state index contributed by atoms with van der Waals surface area (Å²) in [6, 6.07) is 6.76. The molecule has 25 heavy (non-hydrogen) atoms. The van der Waals surface area contributed by atoms with E-state index in [9.17, 15) is 14.3 Å². The fourth-order valence-corrected chi connectivity index (χ4v) is 4.39. The summed E-state index contributed by atoms with van der Waals surface area (Å²) >= 11 is 0. The van der Waals surface area contributed by atoms with Gasteiger partial charge in [-0.2, -0.15) is 0 Å². The second-order valence-corrected chi connectivity index (χ2v) is 7.70. The van der Waals surface area contributed by atoms with Gasteiger partial charge in [-0.05, 0) is 55.8 Å². The highest BCUT2D eigenvalue weighted by molar-refractivity contribution is 5.78. The van der Waals surface area contributed by atoms with Crippen molar-refractivity contribution in [2.45, 2.75) is 43.9 Å². The number of hydrogen-bond acceptors (Lipinski definition) is 3. The lowest BCUT2D eigenvalue weighted by Crippen LogP contribution is -2.46. The lowest BCUT2D eigenvalue weighted by Gasteiger charge is -2.33. The molecule has 5 heteroatoms. The van der Waals surface area contributed by atoms with Gasteiger partial charge in [-0.1, -0.05) is 25.0 Å². The van der Waals surface area contributed by atoms with Crippen LogP contribution < -0.4 is 5.32 Å². The lowest BCUT2D eigenvalue weighted by molar-refractivity contribution is -0.123. The van der Waals surface area contributed by atoms with Gasteiger partial charge in [0, 0.05) is 25.1 Å².